The lowest BCUT2D eigenvalue weighted by Gasteiger charge is -2.42. The Balaban J connectivity index is 1.49. The van der Waals surface area contributed by atoms with Gasteiger partial charge in [-0.1, -0.05) is 12.8 Å². The van der Waals surface area contributed by atoms with Crippen molar-refractivity contribution in [2.45, 2.75) is 51.1 Å². The molecule has 3 aliphatic rings. The molecule has 2 heterocycles. The molecule has 9 heteroatoms. The molecule has 0 aromatic heterocycles. The molecule has 4 rings (SSSR count). The van der Waals surface area contributed by atoms with Crippen LogP contribution in [-0.2, 0) is 15.8 Å². The van der Waals surface area contributed by atoms with Crippen LogP contribution < -0.4 is 10.6 Å². The molecule has 1 saturated carbocycles. The molecular formula is C24H29F3N4O2. The summed E-state index contributed by atoms with van der Waals surface area (Å²) in [5.41, 5.74) is 4.17. The number of nitrogens with zero attached hydrogens (tertiary/aromatic N) is 3. The van der Waals surface area contributed by atoms with E-state index in [0.717, 1.165) is 18.9 Å². The van der Waals surface area contributed by atoms with E-state index in [1.807, 2.05) is 4.90 Å². The molecule has 3 fully saturated rings. The summed E-state index contributed by atoms with van der Waals surface area (Å²) < 4.78 is 40.3. The topological polar surface area (TPSA) is 90.4 Å². The highest BCUT2D eigenvalue weighted by Crippen LogP contribution is 2.47. The standard InChI is InChI=1S/C24H29F3N4O2/c25-24(26,27)19-12-18(6-5-17(19)13-28)31-14-20(22(29)33)23(15-31)7-9-30(10-8-23)21(32)11-16-3-1-2-4-16/h5-6,12,16,20H,1-4,7-11,14-15H2,(H2,29,33). The quantitative estimate of drug-likeness (QED) is 0.739. The Hall–Kier alpha value is -2.76. The van der Waals surface area contributed by atoms with E-state index in [1.165, 1.54) is 25.0 Å². The van der Waals surface area contributed by atoms with Crippen LogP contribution in [0.15, 0.2) is 18.2 Å². The molecule has 178 valence electrons. The van der Waals surface area contributed by atoms with Crippen molar-refractivity contribution in [2.24, 2.45) is 23.0 Å². The van der Waals surface area contributed by atoms with Crippen LogP contribution in [0.25, 0.3) is 0 Å². The summed E-state index contributed by atoms with van der Waals surface area (Å²) in [5.74, 6) is -0.348. The number of rotatable bonds is 4. The molecule has 6 nitrogen and oxygen atoms in total. The first kappa shape index (κ1) is 23.4. The lowest BCUT2D eigenvalue weighted by Crippen LogP contribution is -2.49. The summed E-state index contributed by atoms with van der Waals surface area (Å²) in [7, 11) is 0. The van der Waals surface area contributed by atoms with E-state index < -0.39 is 34.5 Å². The summed E-state index contributed by atoms with van der Waals surface area (Å²) in [6.45, 7) is 1.69. The highest BCUT2D eigenvalue weighted by molar-refractivity contribution is 5.80. The van der Waals surface area contributed by atoms with Crippen molar-refractivity contribution in [1.82, 2.24) is 4.90 Å². The molecule has 1 unspecified atom stereocenters. The Bertz CT molecular complexity index is 957. The van der Waals surface area contributed by atoms with Gasteiger partial charge in [-0.25, -0.2) is 0 Å². The third-order valence-corrected chi connectivity index (χ3v) is 7.84. The summed E-state index contributed by atoms with van der Waals surface area (Å²) in [4.78, 5) is 28.7. The van der Waals surface area contributed by atoms with Gasteiger partial charge in [-0.05, 0) is 49.8 Å². The van der Waals surface area contributed by atoms with E-state index in [2.05, 4.69) is 0 Å². The molecule has 2 N–H and O–H groups in total. The van der Waals surface area contributed by atoms with Crippen LogP contribution in [-0.4, -0.2) is 42.9 Å². The van der Waals surface area contributed by atoms with Crippen LogP contribution >= 0.6 is 0 Å². The third-order valence-electron chi connectivity index (χ3n) is 7.84. The molecule has 33 heavy (non-hydrogen) atoms. The molecule has 0 radical (unpaired) electrons. The zero-order valence-electron chi connectivity index (χ0n) is 18.5. The SMILES string of the molecule is N#Cc1ccc(N2CC(C(N)=O)C3(CCN(C(=O)CC4CCCC4)CC3)C2)cc1C(F)(F)F. The van der Waals surface area contributed by atoms with E-state index >= 15 is 0 Å². The highest BCUT2D eigenvalue weighted by Gasteiger charge is 2.51. The van der Waals surface area contributed by atoms with Crippen LogP contribution in [0.5, 0.6) is 0 Å². The molecule has 1 atom stereocenters. The number of amides is 2. The van der Waals surface area contributed by atoms with Gasteiger partial charge in [-0.2, -0.15) is 18.4 Å². The van der Waals surface area contributed by atoms with Gasteiger partial charge in [0.1, 0.15) is 0 Å². The number of carbonyl (C=O) groups excluding carboxylic acids is 2. The van der Waals surface area contributed by atoms with E-state index in [-0.39, 0.29) is 12.5 Å². The van der Waals surface area contributed by atoms with Crippen LogP contribution in [0.3, 0.4) is 0 Å². The zero-order chi connectivity index (χ0) is 23.8. The number of nitriles is 1. The van der Waals surface area contributed by atoms with Crippen molar-refractivity contribution in [3.05, 3.63) is 29.3 Å². The van der Waals surface area contributed by atoms with Gasteiger partial charge in [0.05, 0.1) is 23.1 Å². The Morgan fingerprint density at radius 2 is 1.85 bits per heavy atom. The number of anilines is 1. The second-order valence-corrected chi connectivity index (χ2v) is 9.77. The molecule has 1 aromatic rings. The average molecular weight is 463 g/mol. The average Bonchev–Trinajstić information content (AvgIpc) is 3.41. The number of hydrogen-bond donors (Lipinski definition) is 1. The minimum absolute atomic E-state index is 0.157. The van der Waals surface area contributed by atoms with Crippen molar-refractivity contribution >= 4 is 17.5 Å². The number of primary amides is 1. The summed E-state index contributed by atoms with van der Waals surface area (Å²) >= 11 is 0. The van der Waals surface area contributed by atoms with Crippen molar-refractivity contribution in [2.75, 3.05) is 31.1 Å². The summed E-state index contributed by atoms with van der Waals surface area (Å²) in [6, 6.07) is 5.24. The number of nitrogens with two attached hydrogens (primary N) is 1. The van der Waals surface area contributed by atoms with Gasteiger partial charge >= 0.3 is 6.18 Å². The number of carbonyl (C=O) groups is 2. The second-order valence-electron chi connectivity index (χ2n) is 9.77. The molecule has 2 saturated heterocycles. The van der Waals surface area contributed by atoms with E-state index in [0.29, 0.717) is 50.5 Å². The fourth-order valence-corrected chi connectivity index (χ4v) is 5.92. The number of alkyl halides is 3. The van der Waals surface area contributed by atoms with Gasteiger partial charge < -0.3 is 15.5 Å². The first-order valence-corrected chi connectivity index (χ1v) is 11.6. The summed E-state index contributed by atoms with van der Waals surface area (Å²) in [6.07, 6.45) is 1.69. The largest absolute Gasteiger partial charge is 0.417 e. The highest BCUT2D eigenvalue weighted by atomic mass is 19.4. The van der Waals surface area contributed by atoms with Gasteiger partial charge in [0.2, 0.25) is 11.8 Å². The van der Waals surface area contributed by atoms with Gasteiger partial charge in [0, 0.05) is 43.7 Å². The maximum Gasteiger partial charge on any atom is 0.417 e. The summed E-state index contributed by atoms with van der Waals surface area (Å²) in [5, 5.41) is 9.05. The van der Waals surface area contributed by atoms with Gasteiger partial charge in [0.25, 0.3) is 0 Å². The second kappa shape index (κ2) is 8.88. The molecule has 1 spiro atoms. The van der Waals surface area contributed by atoms with Gasteiger partial charge in [0.15, 0.2) is 0 Å². The molecule has 1 aliphatic carbocycles. The maximum atomic E-state index is 13.4. The fourth-order valence-electron chi connectivity index (χ4n) is 5.92. The Kier molecular flexibility index (Phi) is 6.30. The molecule has 1 aromatic carbocycles. The van der Waals surface area contributed by atoms with Crippen molar-refractivity contribution in [3.63, 3.8) is 0 Å². The third kappa shape index (κ3) is 4.66. The Morgan fingerprint density at radius 1 is 1.18 bits per heavy atom. The predicted octanol–water partition coefficient (Wildman–Crippen LogP) is 3.69. The molecule has 2 amide bonds. The van der Waals surface area contributed by atoms with E-state index in [9.17, 15) is 22.8 Å². The maximum absolute atomic E-state index is 13.4. The van der Waals surface area contributed by atoms with Crippen LogP contribution in [0.2, 0.25) is 0 Å². The normalized spacial score (nSPS) is 23.2. The van der Waals surface area contributed by atoms with Gasteiger partial charge in [-0.3, -0.25) is 9.59 Å². The number of halogens is 3. The monoisotopic (exact) mass is 462 g/mol. The first-order chi connectivity index (χ1) is 15.6. The lowest BCUT2D eigenvalue weighted by atomic mass is 9.70. The van der Waals surface area contributed by atoms with Crippen molar-refractivity contribution in [3.8, 4) is 6.07 Å². The number of benzene rings is 1. The molecular weight excluding hydrogens is 433 g/mol. The van der Waals surface area contributed by atoms with Crippen LogP contribution in [0, 0.1) is 28.6 Å². The predicted molar refractivity (Wildman–Crippen MR) is 116 cm³/mol. The molecule has 2 aliphatic heterocycles. The lowest BCUT2D eigenvalue weighted by molar-refractivity contribution is -0.138. The molecule has 0 bridgehead atoms. The van der Waals surface area contributed by atoms with Crippen molar-refractivity contribution < 1.29 is 22.8 Å². The minimum Gasteiger partial charge on any atom is -0.370 e. The Morgan fingerprint density at radius 3 is 2.42 bits per heavy atom. The first-order valence-electron chi connectivity index (χ1n) is 11.6. The number of piperidine rings is 1. The zero-order valence-corrected chi connectivity index (χ0v) is 18.5. The Labute approximate surface area is 191 Å². The van der Waals surface area contributed by atoms with Crippen molar-refractivity contribution in [1.29, 1.82) is 5.26 Å². The fraction of sp³-hybridized carbons (Fsp3) is 0.625. The van der Waals surface area contributed by atoms with Crippen LogP contribution in [0.1, 0.15) is 56.1 Å². The number of hydrogen-bond acceptors (Lipinski definition) is 4. The number of likely N-dealkylation sites (tertiary alicyclic amines) is 1. The minimum atomic E-state index is -4.65. The van der Waals surface area contributed by atoms with Crippen LogP contribution in [0.4, 0.5) is 18.9 Å². The van der Waals surface area contributed by atoms with E-state index in [1.54, 1.807) is 11.0 Å². The smallest absolute Gasteiger partial charge is 0.370 e. The van der Waals surface area contributed by atoms with Gasteiger partial charge in [-0.15, -0.1) is 0 Å². The van der Waals surface area contributed by atoms with E-state index in [4.69, 9.17) is 11.0 Å².